The van der Waals surface area contributed by atoms with Crippen LogP contribution in [0.4, 0.5) is 30.7 Å². The first-order chi connectivity index (χ1) is 13.3. The number of carbonyl (C=O) groups is 1. The molecule has 0 aliphatic heterocycles. The first-order valence-corrected chi connectivity index (χ1v) is 8.75. The lowest BCUT2D eigenvalue weighted by Crippen LogP contribution is -2.37. The van der Waals surface area contributed by atoms with Crippen molar-refractivity contribution in [1.29, 1.82) is 0 Å². The Balaban J connectivity index is 2.65. The molecule has 0 atom stereocenters. The molecule has 2 aromatic rings. The number of hydrogen-bond acceptors (Lipinski definition) is 4. The van der Waals surface area contributed by atoms with Crippen molar-refractivity contribution in [2.45, 2.75) is 17.6 Å². The fourth-order valence-corrected chi connectivity index (χ4v) is 3.80. The number of hydrogen-bond donors (Lipinski definition) is 1. The molecule has 0 aliphatic carbocycles. The van der Waals surface area contributed by atoms with Crippen LogP contribution in [-0.2, 0) is 27.5 Å². The van der Waals surface area contributed by atoms with Crippen LogP contribution >= 0.6 is 0 Å². The topological polar surface area (TPSA) is 87.6 Å². The van der Waals surface area contributed by atoms with Gasteiger partial charge in [-0.15, -0.1) is 0 Å². The van der Waals surface area contributed by atoms with Crippen LogP contribution in [0.3, 0.4) is 0 Å². The number of halogens is 7. The Hall–Kier alpha value is -2.74. The molecule has 0 fully saturated rings. The third kappa shape index (κ3) is 4.64. The van der Waals surface area contributed by atoms with E-state index in [1.165, 1.54) is 0 Å². The summed E-state index contributed by atoms with van der Waals surface area (Å²) in [6.07, 6.45) is -3.71. The molecule has 6 nitrogen and oxygen atoms in total. The lowest BCUT2D eigenvalue weighted by atomic mass is 10.1. The zero-order chi connectivity index (χ0) is 22.1. The van der Waals surface area contributed by atoms with Gasteiger partial charge in [-0.2, -0.15) is 17.5 Å². The number of pyridine rings is 1. The van der Waals surface area contributed by atoms with Crippen molar-refractivity contribution in [3.63, 3.8) is 0 Å². The van der Waals surface area contributed by atoms with E-state index in [-0.39, 0.29) is 10.4 Å². The van der Waals surface area contributed by atoms with Crippen molar-refractivity contribution in [2.75, 3.05) is 6.54 Å². The van der Waals surface area contributed by atoms with Gasteiger partial charge in [0.2, 0.25) is 10.0 Å². The molecule has 1 aromatic carbocycles. The van der Waals surface area contributed by atoms with Gasteiger partial charge in [0, 0.05) is 25.0 Å². The number of sulfonamides is 1. The molecule has 0 spiro atoms. The Labute approximate surface area is 158 Å². The zero-order valence-electron chi connectivity index (χ0n) is 13.8. The molecule has 0 saturated carbocycles. The molecule has 0 aliphatic rings. The first kappa shape index (κ1) is 22.5. The standard InChI is InChI=1S/C15H9F7N2O4S/c16-9-3-10(17)13(19)14(12(9)18)29(27,28)24(6-11(25)26)5-7-4-23-2-1-8(7)15(20,21)22/h1-4H,5-6H2,(H,25,26). The Morgan fingerprint density at radius 3 is 2.14 bits per heavy atom. The molecule has 1 N–H and O–H groups in total. The summed E-state index contributed by atoms with van der Waals surface area (Å²) in [5.41, 5.74) is -2.26. The largest absolute Gasteiger partial charge is 0.480 e. The van der Waals surface area contributed by atoms with Crippen LogP contribution in [0.2, 0.25) is 0 Å². The fraction of sp³-hybridized carbons (Fsp3) is 0.200. The highest BCUT2D eigenvalue weighted by molar-refractivity contribution is 7.89. The van der Waals surface area contributed by atoms with Crippen LogP contribution in [-0.4, -0.2) is 35.3 Å². The van der Waals surface area contributed by atoms with Gasteiger partial charge in [-0.25, -0.2) is 26.0 Å². The molecule has 14 heteroatoms. The van der Waals surface area contributed by atoms with Gasteiger partial charge in [0.15, 0.2) is 28.2 Å². The van der Waals surface area contributed by atoms with Crippen LogP contribution in [0.1, 0.15) is 11.1 Å². The maximum absolute atomic E-state index is 13.9. The average molecular weight is 446 g/mol. The number of aromatic nitrogens is 1. The maximum atomic E-state index is 13.9. The highest BCUT2D eigenvalue weighted by Crippen LogP contribution is 2.33. The first-order valence-electron chi connectivity index (χ1n) is 7.31. The van der Waals surface area contributed by atoms with Crippen LogP contribution in [0.5, 0.6) is 0 Å². The van der Waals surface area contributed by atoms with Gasteiger partial charge in [0.05, 0.1) is 5.56 Å². The lowest BCUT2D eigenvalue weighted by molar-refractivity contribution is -0.138. The van der Waals surface area contributed by atoms with E-state index in [1.807, 2.05) is 0 Å². The average Bonchev–Trinajstić information content (AvgIpc) is 2.58. The molecule has 158 valence electrons. The van der Waals surface area contributed by atoms with Crippen molar-refractivity contribution in [2.24, 2.45) is 0 Å². The third-order valence-electron chi connectivity index (χ3n) is 3.54. The smallest absolute Gasteiger partial charge is 0.416 e. The van der Waals surface area contributed by atoms with E-state index < -0.39 is 74.5 Å². The van der Waals surface area contributed by atoms with E-state index in [9.17, 15) is 43.9 Å². The quantitative estimate of drug-likeness (QED) is 0.545. The van der Waals surface area contributed by atoms with E-state index in [1.54, 1.807) is 0 Å². The van der Waals surface area contributed by atoms with Crippen molar-refractivity contribution >= 4 is 16.0 Å². The minimum absolute atomic E-state index is 0.276. The fourth-order valence-electron chi connectivity index (χ4n) is 2.30. The van der Waals surface area contributed by atoms with Gasteiger partial charge in [0.1, 0.15) is 6.54 Å². The minimum Gasteiger partial charge on any atom is -0.480 e. The molecular weight excluding hydrogens is 437 g/mol. The summed E-state index contributed by atoms with van der Waals surface area (Å²) in [6, 6.07) is 0.179. The summed E-state index contributed by atoms with van der Waals surface area (Å²) in [4.78, 5) is 12.2. The Bertz CT molecular complexity index is 1030. The molecule has 0 unspecified atom stereocenters. The summed E-state index contributed by atoms with van der Waals surface area (Å²) < 4.78 is 119. The van der Waals surface area contributed by atoms with E-state index in [4.69, 9.17) is 5.11 Å². The van der Waals surface area contributed by atoms with Crippen molar-refractivity contribution in [3.05, 3.63) is 58.9 Å². The Kier molecular flexibility index (Phi) is 6.18. The number of nitrogens with zero attached hydrogens (tertiary/aromatic N) is 2. The van der Waals surface area contributed by atoms with Crippen molar-refractivity contribution in [3.8, 4) is 0 Å². The van der Waals surface area contributed by atoms with E-state index in [0.29, 0.717) is 12.3 Å². The minimum atomic E-state index is -5.64. The SMILES string of the molecule is O=C(O)CN(Cc1cnccc1C(F)(F)F)S(=O)(=O)c1c(F)c(F)cc(F)c1F. The summed E-state index contributed by atoms with van der Waals surface area (Å²) >= 11 is 0. The van der Waals surface area contributed by atoms with Gasteiger partial charge in [-0.05, 0) is 11.6 Å². The molecule has 0 saturated heterocycles. The van der Waals surface area contributed by atoms with Gasteiger partial charge in [0.25, 0.3) is 0 Å². The molecular formula is C15H9F7N2O4S. The predicted octanol–water partition coefficient (Wildman–Crippen LogP) is 2.93. The molecule has 2 rings (SSSR count). The number of rotatable bonds is 6. The summed E-state index contributed by atoms with van der Waals surface area (Å²) in [5.74, 6) is -10.8. The highest BCUT2D eigenvalue weighted by Gasteiger charge is 2.38. The number of carboxylic acid groups (broad SMARTS) is 1. The van der Waals surface area contributed by atoms with Crippen LogP contribution in [0.25, 0.3) is 0 Å². The van der Waals surface area contributed by atoms with E-state index in [2.05, 4.69) is 4.98 Å². The third-order valence-corrected chi connectivity index (χ3v) is 5.35. The number of benzene rings is 1. The molecule has 29 heavy (non-hydrogen) atoms. The lowest BCUT2D eigenvalue weighted by Gasteiger charge is -2.22. The number of carboxylic acids is 1. The van der Waals surface area contributed by atoms with Crippen LogP contribution < -0.4 is 0 Å². The Morgan fingerprint density at radius 1 is 1.10 bits per heavy atom. The second-order valence-corrected chi connectivity index (χ2v) is 7.37. The van der Waals surface area contributed by atoms with E-state index >= 15 is 0 Å². The molecule has 0 amide bonds. The zero-order valence-corrected chi connectivity index (χ0v) is 14.7. The Morgan fingerprint density at radius 2 is 1.66 bits per heavy atom. The van der Waals surface area contributed by atoms with Crippen LogP contribution in [0, 0.1) is 23.3 Å². The van der Waals surface area contributed by atoms with Gasteiger partial charge in [-0.3, -0.25) is 9.78 Å². The number of alkyl halides is 3. The normalized spacial score (nSPS) is 12.4. The molecule has 1 heterocycles. The maximum Gasteiger partial charge on any atom is 0.416 e. The summed E-state index contributed by atoms with van der Waals surface area (Å²) in [5, 5.41) is 8.87. The monoisotopic (exact) mass is 446 g/mol. The van der Waals surface area contributed by atoms with Crippen LogP contribution in [0.15, 0.2) is 29.4 Å². The van der Waals surface area contributed by atoms with E-state index in [0.717, 1.165) is 6.20 Å². The van der Waals surface area contributed by atoms with Crippen molar-refractivity contribution < 1.29 is 49.1 Å². The summed E-state index contributed by atoms with van der Waals surface area (Å²) in [6.45, 7) is -2.92. The molecule has 0 radical (unpaired) electrons. The van der Waals surface area contributed by atoms with Gasteiger partial charge >= 0.3 is 12.1 Å². The van der Waals surface area contributed by atoms with Crippen molar-refractivity contribution in [1.82, 2.24) is 9.29 Å². The predicted molar refractivity (Wildman–Crippen MR) is 80.7 cm³/mol. The molecule has 1 aromatic heterocycles. The number of aliphatic carboxylic acids is 1. The second kappa shape index (κ2) is 7.94. The molecule has 0 bridgehead atoms. The van der Waals surface area contributed by atoms with Gasteiger partial charge < -0.3 is 5.11 Å². The van der Waals surface area contributed by atoms with Gasteiger partial charge in [-0.1, -0.05) is 0 Å². The highest BCUT2D eigenvalue weighted by atomic mass is 32.2. The second-order valence-electron chi connectivity index (χ2n) is 5.49. The summed E-state index contributed by atoms with van der Waals surface area (Å²) in [7, 11) is -5.64.